The van der Waals surface area contributed by atoms with Gasteiger partial charge in [-0.25, -0.2) is 4.39 Å². The zero-order valence-electron chi connectivity index (χ0n) is 16.5. The highest BCUT2D eigenvalue weighted by atomic mass is 79.9. The van der Waals surface area contributed by atoms with Gasteiger partial charge in [-0.15, -0.1) is 4.40 Å². The van der Waals surface area contributed by atoms with Gasteiger partial charge in [0.05, 0.1) is 5.39 Å². The fraction of sp³-hybridized carbons (Fsp3) is 0. The van der Waals surface area contributed by atoms with Gasteiger partial charge in [-0.05, 0) is 59.9 Å². The summed E-state index contributed by atoms with van der Waals surface area (Å²) in [6, 6.07) is 22.0. The highest BCUT2D eigenvalue weighted by Gasteiger charge is 2.31. The van der Waals surface area contributed by atoms with E-state index < -0.39 is 5.82 Å². The molecular formula is C25H15BrFN2O2S+. The van der Waals surface area contributed by atoms with Crippen LogP contribution in [0.25, 0.3) is 15.6 Å². The number of nitrogens with zero attached hydrogens (tertiary/aromatic N) is 1. The van der Waals surface area contributed by atoms with Crippen LogP contribution >= 0.6 is 27.3 Å². The summed E-state index contributed by atoms with van der Waals surface area (Å²) >= 11 is 4.90. The summed E-state index contributed by atoms with van der Waals surface area (Å²) in [6.45, 7) is 0. The summed E-state index contributed by atoms with van der Waals surface area (Å²) in [5, 5.41) is 5.28. The molecule has 0 spiro atoms. The highest BCUT2D eigenvalue weighted by molar-refractivity contribution is 9.10. The molecule has 5 aromatic rings. The minimum absolute atomic E-state index is 0.307. The van der Waals surface area contributed by atoms with Crippen molar-refractivity contribution >= 4 is 59.6 Å². The predicted molar refractivity (Wildman–Crippen MR) is 127 cm³/mol. The molecule has 2 heterocycles. The van der Waals surface area contributed by atoms with E-state index in [9.17, 15) is 14.0 Å². The zero-order chi connectivity index (χ0) is 22.2. The number of benzene rings is 3. The Kier molecular flexibility index (Phi) is 5.28. The van der Waals surface area contributed by atoms with Crippen LogP contribution in [0.3, 0.4) is 0 Å². The Morgan fingerprint density at radius 3 is 2.34 bits per heavy atom. The van der Waals surface area contributed by atoms with Crippen LogP contribution in [0.4, 0.5) is 9.39 Å². The average molecular weight is 506 g/mol. The second kappa shape index (κ2) is 8.26. The van der Waals surface area contributed by atoms with Crippen molar-refractivity contribution in [1.29, 1.82) is 0 Å². The van der Waals surface area contributed by atoms with Crippen LogP contribution in [-0.4, -0.2) is 11.7 Å². The summed E-state index contributed by atoms with van der Waals surface area (Å²) in [7, 11) is 0. The first-order valence-corrected chi connectivity index (χ1v) is 11.4. The van der Waals surface area contributed by atoms with Gasteiger partial charge in [0.2, 0.25) is 0 Å². The van der Waals surface area contributed by atoms with E-state index in [-0.39, 0.29) is 11.7 Å². The molecule has 0 radical (unpaired) electrons. The molecule has 2 aromatic heterocycles. The molecule has 0 aliphatic rings. The lowest BCUT2D eigenvalue weighted by Gasteiger charge is -2.03. The van der Waals surface area contributed by atoms with Crippen molar-refractivity contribution in [2.75, 3.05) is 5.32 Å². The molecule has 0 aliphatic carbocycles. The van der Waals surface area contributed by atoms with E-state index in [0.717, 1.165) is 20.1 Å². The van der Waals surface area contributed by atoms with Crippen molar-refractivity contribution in [3.63, 3.8) is 0 Å². The number of thiazole rings is 1. The van der Waals surface area contributed by atoms with Crippen molar-refractivity contribution in [2.45, 2.75) is 0 Å². The van der Waals surface area contributed by atoms with Gasteiger partial charge in [-0.1, -0.05) is 40.2 Å². The summed E-state index contributed by atoms with van der Waals surface area (Å²) in [5.41, 5.74) is 1.15. The maximum atomic E-state index is 13.5. The molecule has 5 rings (SSSR count). The monoisotopic (exact) mass is 505 g/mol. The molecule has 3 aromatic carbocycles. The highest BCUT2D eigenvalue weighted by Crippen LogP contribution is 2.33. The zero-order valence-corrected chi connectivity index (χ0v) is 18.9. The number of pyridine rings is 1. The second-order valence-corrected chi connectivity index (χ2v) is 8.98. The van der Waals surface area contributed by atoms with Gasteiger partial charge in [0, 0.05) is 27.1 Å². The normalized spacial score (nSPS) is 11.1. The van der Waals surface area contributed by atoms with Crippen LogP contribution in [0, 0.1) is 5.82 Å². The Morgan fingerprint density at radius 1 is 0.844 bits per heavy atom. The number of amides is 1. The Bertz CT molecular complexity index is 1500. The largest absolute Gasteiger partial charge is 0.308 e. The number of anilines is 1. The Balaban J connectivity index is 1.71. The van der Waals surface area contributed by atoms with Crippen LogP contribution in [-0.2, 0) is 0 Å². The summed E-state index contributed by atoms with van der Waals surface area (Å²) in [6.07, 6.45) is 1.81. The molecule has 1 amide bonds. The minimum Gasteiger partial charge on any atom is -0.308 e. The van der Waals surface area contributed by atoms with Crippen molar-refractivity contribution in [1.82, 2.24) is 0 Å². The number of rotatable bonds is 4. The van der Waals surface area contributed by atoms with Crippen molar-refractivity contribution < 1.29 is 18.4 Å². The summed E-state index contributed by atoms with van der Waals surface area (Å²) in [4.78, 5) is 27.2. The number of aromatic nitrogens is 1. The molecule has 0 fully saturated rings. The second-order valence-electron chi connectivity index (χ2n) is 7.13. The molecule has 32 heavy (non-hydrogen) atoms. The fourth-order valence-electron chi connectivity index (χ4n) is 3.57. The van der Waals surface area contributed by atoms with Gasteiger partial charge >= 0.3 is 0 Å². The lowest BCUT2D eigenvalue weighted by atomic mass is 10.1. The van der Waals surface area contributed by atoms with Crippen molar-refractivity contribution in [2.24, 2.45) is 0 Å². The first kappa shape index (κ1) is 20.5. The molecular weight excluding hydrogens is 491 g/mol. The third-order valence-electron chi connectivity index (χ3n) is 5.13. The predicted octanol–water partition coefficient (Wildman–Crippen LogP) is 6.02. The quantitative estimate of drug-likeness (QED) is 0.239. The molecule has 0 bridgehead atoms. The van der Waals surface area contributed by atoms with Gasteiger partial charge in [0.25, 0.3) is 22.2 Å². The number of carbonyl (C=O) groups is 2. The fourth-order valence-corrected chi connectivity index (χ4v) is 5.24. The molecule has 0 aliphatic heterocycles. The third kappa shape index (κ3) is 3.59. The molecule has 156 valence electrons. The van der Waals surface area contributed by atoms with Crippen LogP contribution < -0.4 is 9.72 Å². The van der Waals surface area contributed by atoms with Crippen molar-refractivity contribution in [3.8, 4) is 0 Å². The van der Waals surface area contributed by atoms with Crippen LogP contribution in [0.2, 0.25) is 0 Å². The van der Waals surface area contributed by atoms with E-state index >= 15 is 0 Å². The Morgan fingerprint density at radius 2 is 1.59 bits per heavy atom. The SMILES string of the molecule is O=C(Nc1sc2c3cccc(Br)c3cc[n+]2c1C(=O)c1ccc(F)cc1)c1ccccc1. The lowest BCUT2D eigenvalue weighted by Crippen LogP contribution is -2.29. The van der Waals surface area contributed by atoms with Crippen molar-refractivity contribution in [3.05, 3.63) is 112 Å². The van der Waals surface area contributed by atoms with Gasteiger partial charge in [-0.2, -0.15) is 0 Å². The third-order valence-corrected chi connectivity index (χ3v) is 6.93. The number of fused-ring (bicyclic) bond motifs is 3. The summed E-state index contributed by atoms with van der Waals surface area (Å²) < 4.78 is 16.1. The van der Waals surface area contributed by atoms with E-state index in [1.165, 1.54) is 35.6 Å². The maximum absolute atomic E-state index is 13.5. The molecule has 0 saturated heterocycles. The number of nitrogens with one attached hydrogen (secondary N) is 1. The van der Waals surface area contributed by atoms with Crippen LogP contribution in [0.15, 0.2) is 89.5 Å². The number of hydrogen-bond acceptors (Lipinski definition) is 3. The van der Waals surface area contributed by atoms with Gasteiger partial charge in [0.15, 0.2) is 11.2 Å². The van der Waals surface area contributed by atoms with E-state index in [2.05, 4.69) is 21.2 Å². The molecule has 4 nitrogen and oxygen atoms in total. The van der Waals surface area contributed by atoms with E-state index in [4.69, 9.17) is 0 Å². The van der Waals surface area contributed by atoms with E-state index in [1.54, 1.807) is 28.7 Å². The van der Waals surface area contributed by atoms with Gasteiger partial charge in [-0.3, -0.25) is 9.59 Å². The standard InChI is InChI=1S/C25H14BrFN2O2S/c26-20-8-4-7-19-18(20)13-14-29-21(22(30)15-9-11-17(27)12-10-15)24(32-25(19)29)28-23(31)16-5-2-1-3-6-16/h1-14H/p+1. The molecule has 0 saturated carbocycles. The first-order chi connectivity index (χ1) is 15.5. The minimum atomic E-state index is -0.419. The van der Waals surface area contributed by atoms with Crippen LogP contribution in [0.5, 0.6) is 0 Å². The molecule has 0 unspecified atom stereocenters. The molecule has 0 atom stereocenters. The van der Waals surface area contributed by atoms with E-state index in [1.807, 2.05) is 36.5 Å². The number of carbonyl (C=O) groups excluding carboxylic acids is 2. The smallest absolute Gasteiger partial charge is 0.294 e. The first-order valence-electron chi connectivity index (χ1n) is 9.75. The number of ketones is 1. The molecule has 7 heteroatoms. The topological polar surface area (TPSA) is 50.3 Å². The number of hydrogen-bond donors (Lipinski definition) is 1. The van der Waals surface area contributed by atoms with E-state index in [0.29, 0.717) is 21.8 Å². The number of halogens is 2. The maximum Gasteiger partial charge on any atom is 0.294 e. The van der Waals surface area contributed by atoms with Gasteiger partial charge < -0.3 is 5.32 Å². The van der Waals surface area contributed by atoms with Crippen LogP contribution in [0.1, 0.15) is 26.4 Å². The molecule has 1 N–H and O–H groups in total. The Hall–Kier alpha value is -3.42. The summed E-state index contributed by atoms with van der Waals surface area (Å²) in [5.74, 6) is -1.03. The lowest BCUT2D eigenvalue weighted by molar-refractivity contribution is -0.508. The Labute approximate surface area is 195 Å². The van der Waals surface area contributed by atoms with Gasteiger partial charge in [0.1, 0.15) is 5.82 Å². The average Bonchev–Trinajstić information content (AvgIpc) is 3.18.